The molecule has 0 spiro atoms. The molecule has 202 valence electrons. The third-order valence-corrected chi connectivity index (χ3v) is 5.33. The van der Waals surface area contributed by atoms with E-state index in [9.17, 15) is 19.2 Å². The van der Waals surface area contributed by atoms with E-state index in [0.29, 0.717) is 12.0 Å². The van der Waals surface area contributed by atoms with E-state index in [0.717, 1.165) is 17.5 Å². The number of amides is 4. The molecule has 1 rings (SSSR count). The Labute approximate surface area is 215 Å². The number of ether oxygens (including phenoxy) is 1. The molecule has 0 aromatic heterocycles. The molecule has 9 nitrogen and oxygen atoms in total. The number of aryl methyl sites for hydroxylation is 2. The average molecular weight is 505 g/mol. The third-order valence-electron chi connectivity index (χ3n) is 5.33. The lowest BCUT2D eigenvalue weighted by Gasteiger charge is -2.36. The largest absolute Gasteiger partial charge is 0.444 e. The molecule has 0 aliphatic carbocycles. The smallest absolute Gasteiger partial charge is 0.408 e. The number of primary amides is 1. The SMILES string of the molecule is CCCCN(C(=O)C(CC(N)=O)NC(=O)OC(C)(C)C)C(C(=O)NC(C)(C)C)c1ccc(C)c(C)c1. The highest BCUT2D eigenvalue weighted by Gasteiger charge is 2.37. The van der Waals surface area contributed by atoms with Gasteiger partial charge in [-0.1, -0.05) is 31.5 Å². The summed E-state index contributed by atoms with van der Waals surface area (Å²) in [6, 6.07) is 3.36. The monoisotopic (exact) mass is 504 g/mol. The number of carbonyl (C=O) groups is 4. The molecule has 0 saturated carbocycles. The van der Waals surface area contributed by atoms with E-state index in [-0.39, 0.29) is 12.5 Å². The second-order valence-electron chi connectivity index (χ2n) is 11.2. The van der Waals surface area contributed by atoms with E-state index >= 15 is 0 Å². The summed E-state index contributed by atoms with van der Waals surface area (Å²) in [4.78, 5) is 53.3. The van der Waals surface area contributed by atoms with Crippen LogP contribution in [0.3, 0.4) is 0 Å². The molecule has 0 bridgehead atoms. The number of unbranched alkanes of at least 4 members (excludes halogenated alkanes) is 1. The second kappa shape index (κ2) is 12.7. The highest BCUT2D eigenvalue weighted by Crippen LogP contribution is 2.26. The predicted molar refractivity (Wildman–Crippen MR) is 140 cm³/mol. The molecule has 9 heteroatoms. The lowest BCUT2D eigenvalue weighted by Crippen LogP contribution is -2.55. The third kappa shape index (κ3) is 10.3. The van der Waals surface area contributed by atoms with Gasteiger partial charge in [-0.25, -0.2) is 4.79 Å². The first-order valence-electron chi connectivity index (χ1n) is 12.4. The molecular formula is C27H44N4O5. The van der Waals surface area contributed by atoms with E-state index in [1.54, 1.807) is 20.8 Å². The lowest BCUT2D eigenvalue weighted by atomic mass is 9.96. The van der Waals surface area contributed by atoms with Crippen LogP contribution in [0.1, 0.15) is 90.5 Å². The van der Waals surface area contributed by atoms with Gasteiger partial charge in [-0.15, -0.1) is 0 Å². The van der Waals surface area contributed by atoms with Crippen molar-refractivity contribution in [2.75, 3.05) is 6.54 Å². The van der Waals surface area contributed by atoms with Gasteiger partial charge in [0.2, 0.25) is 17.7 Å². The van der Waals surface area contributed by atoms with Gasteiger partial charge in [-0.05, 0) is 78.5 Å². The molecule has 36 heavy (non-hydrogen) atoms. The Kier molecular flexibility index (Phi) is 10.9. The molecule has 2 unspecified atom stereocenters. The van der Waals surface area contributed by atoms with Crippen LogP contribution in [0.15, 0.2) is 18.2 Å². The number of hydrogen-bond donors (Lipinski definition) is 3. The van der Waals surface area contributed by atoms with E-state index in [1.165, 1.54) is 4.90 Å². The van der Waals surface area contributed by atoms with Crippen molar-refractivity contribution < 1.29 is 23.9 Å². The zero-order valence-electron chi connectivity index (χ0n) is 23.3. The normalized spacial score (nSPS) is 13.4. The van der Waals surface area contributed by atoms with Crippen molar-refractivity contribution in [1.82, 2.24) is 15.5 Å². The minimum atomic E-state index is -1.29. The van der Waals surface area contributed by atoms with Crippen molar-refractivity contribution in [1.29, 1.82) is 0 Å². The van der Waals surface area contributed by atoms with Crippen molar-refractivity contribution in [2.24, 2.45) is 5.73 Å². The maximum absolute atomic E-state index is 13.9. The van der Waals surface area contributed by atoms with Crippen LogP contribution in [-0.2, 0) is 19.1 Å². The van der Waals surface area contributed by atoms with Gasteiger partial charge < -0.3 is 26.0 Å². The van der Waals surface area contributed by atoms with Crippen LogP contribution in [0.25, 0.3) is 0 Å². The molecule has 4 amide bonds. The fourth-order valence-corrected chi connectivity index (χ4v) is 3.59. The summed E-state index contributed by atoms with van der Waals surface area (Å²) >= 11 is 0. The standard InChI is InChI=1S/C27H44N4O5/c1-10-11-14-31(24(34)20(16-21(28)32)29-25(35)36-27(7,8)9)22(23(33)30-26(4,5)6)19-13-12-17(2)18(3)15-19/h12-13,15,20,22H,10-11,14,16H2,1-9H3,(H2,28,32)(H,29,35)(H,30,33). The van der Waals surface area contributed by atoms with Crippen LogP contribution in [-0.4, -0.2) is 52.4 Å². The van der Waals surface area contributed by atoms with Crippen LogP contribution in [0, 0.1) is 13.8 Å². The van der Waals surface area contributed by atoms with Gasteiger partial charge in [0.15, 0.2) is 0 Å². The first kappa shape index (κ1) is 30.9. The summed E-state index contributed by atoms with van der Waals surface area (Å²) in [5.41, 5.74) is 6.74. The number of nitrogens with one attached hydrogen (secondary N) is 2. The first-order chi connectivity index (χ1) is 16.4. The quantitative estimate of drug-likeness (QED) is 0.448. The van der Waals surface area contributed by atoms with E-state index in [1.807, 2.05) is 59.7 Å². The molecule has 1 aromatic rings. The average Bonchev–Trinajstić information content (AvgIpc) is 2.69. The summed E-state index contributed by atoms with van der Waals surface area (Å²) in [5.74, 6) is -1.70. The van der Waals surface area contributed by atoms with Gasteiger partial charge in [0.1, 0.15) is 17.7 Å². The van der Waals surface area contributed by atoms with Crippen LogP contribution in [0.4, 0.5) is 4.79 Å². The zero-order chi connectivity index (χ0) is 27.8. The predicted octanol–water partition coefficient (Wildman–Crippen LogP) is 3.66. The Morgan fingerprint density at radius 1 is 1.03 bits per heavy atom. The maximum atomic E-state index is 13.9. The molecular weight excluding hydrogens is 460 g/mol. The lowest BCUT2D eigenvalue weighted by molar-refractivity contribution is -0.144. The Hall–Kier alpha value is -3.10. The molecule has 0 saturated heterocycles. The minimum Gasteiger partial charge on any atom is -0.444 e. The minimum absolute atomic E-state index is 0.246. The topological polar surface area (TPSA) is 131 Å². The molecule has 0 aliphatic heterocycles. The number of benzene rings is 1. The van der Waals surface area contributed by atoms with Gasteiger partial charge in [-0.3, -0.25) is 14.4 Å². The Morgan fingerprint density at radius 2 is 1.64 bits per heavy atom. The summed E-state index contributed by atoms with van der Waals surface area (Å²) in [7, 11) is 0. The molecule has 1 aromatic carbocycles. The Morgan fingerprint density at radius 3 is 2.11 bits per heavy atom. The van der Waals surface area contributed by atoms with E-state index < -0.39 is 47.6 Å². The Balaban J connectivity index is 3.56. The number of alkyl carbamates (subject to hydrolysis) is 1. The Bertz CT molecular complexity index is 946. The zero-order valence-corrected chi connectivity index (χ0v) is 23.3. The molecule has 0 heterocycles. The van der Waals surface area contributed by atoms with Crippen molar-refractivity contribution in [3.05, 3.63) is 34.9 Å². The fraction of sp³-hybridized carbons (Fsp3) is 0.630. The van der Waals surface area contributed by atoms with Gasteiger partial charge in [0.25, 0.3) is 0 Å². The molecule has 4 N–H and O–H groups in total. The van der Waals surface area contributed by atoms with Crippen LogP contribution in [0.5, 0.6) is 0 Å². The van der Waals surface area contributed by atoms with E-state index in [2.05, 4.69) is 10.6 Å². The molecule has 0 fully saturated rings. The number of nitrogens with two attached hydrogens (primary N) is 1. The second-order valence-corrected chi connectivity index (χ2v) is 11.2. The van der Waals surface area contributed by atoms with Crippen molar-refractivity contribution >= 4 is 23.8 Å². The fourth-order valence-electron chi connectivity index (χ4n) is 3.59. The summed E-state index contributed by atoms with van der Waals surface area (Å²) in [6.07, 6.45) is 0.108. The van der Waals surface area contributed by atoms with Gasteiger partial charge in [0, 0.05) is 12.1 Å². The first-order valence-corrected chi connectivity index (χ1v) is 12.4. The summed E-state index contributed by atoms with van der Waals surface area (Å²) in [6.45, 7) is 16.8. The highest BCUT2D eigenvalue weighted by atomic mass is 16.6. The van der Waals surface area contributed by atoms with Gasteiger partial charge >= 0.3 is 6.09 Å². The number of hydrogen-bond acceptors (Lipinski definition) is 5. The van der Waals surface area contributed by atoms with Crippen LogP contribution in [0.2, 0.25) is 0 Å². The highest BCUT2D eigenvalue weighted by molar-refractivity contribution is 5.94. The molecule has 0 radical (unpaired) electrons. The maximum Gasteiger partial charge on any atom is 0.408 e. The van der Waals surface area contributed by atoms with Gasteiger partial charge in [0.05, 0.1) is 6.42 Å². The van der Waals surface area contributed by atoms with Gasteiger partial charge in [-0.2, -0.15) is 0 Å². The molecule has 2 atom stereocenters. The van der Waals surface area contributed by atoms with Crippen molar-refractivity contribution in [3.8, 4) is 0 Å². The number of carbonyl (C=O) groups excluding carboxylic acids is 4. The van der Waals surface area contributed by atoms with Crippen molar-refractivity contribution in [3.63, 3.8) is 0 Å². The summed E-state index contributed by atoms with van der Waals surface area (Å²) < 4.78 is 5.30. The molecule has 0 aliphatic rings. The summed E-state index contributed by atoms with van der Waals surface area (Å²) in [5, 5.41) is 5.47. The number of nitrogens with zero attached hydrogens (tertiary/aromatic N) is 1. The van der Waals surface area contributed by atoms with Crippen LogP contribution < -0.4 is 16.4 Å². The van der Waals surface area contributed by atoms with Crippen molar-refractivity contribution in [2.45, 2.75) is 105 Å². The van der Waals surface area contributed by atoms with E-state index in [4.69, 9.17) is 10.5 Å². The van der Waals surface area contributed by atoms with Crippen LogP contribution >= 0.6 is 0 Å². The number of rotatable bonds is 10.